The molecule has 4 heteroatoms. The second kappa shape index (κ2) is 5.56. The lowest BCUT2D eigenvalue weighted by molar-refractivity contribution is 0.123. The Balaban J connectivity index is 2.02. The number of hydrogen-bond acceptors (Lipinski definition) is 2. The Bertz CT molecular complexity index is 378. The van der Waals surface area contributed by atoms with Crippen LogP contribution in [0.4, 0.5) is 8.78 Å². The minimum Gasteiger partial charge on any atom is -0.329 e. The summed E-state index contributed by atoms with van der Waals surface area (Å²) in [7, 11) is 0. The number of hydrogen-bond donors (Lipinski definition) is 1. The van der Waals surface area contributed by atoms with Crippen LogP contribution in [0.15, 0.2) is 18.2 Å². The van der Waals surface area contributed by atoms with Crippen molar-refractivity contribution >= 4 is 0 Å². The van der Waals surface area contributed by atoms with Gasteiger partial charge in [-0.25, -0.2) is 8.78 Å². The monoisotopic (exact) mass is 240 g/mol. The lowest BCUT2D eigenvalue weighted by atomic mass is 9.91. The van der Waals surface area contributed by atoms with Gasteiger partial charge in [0.15, 0.2) is 11.6 Å². The third-order valence-corrected chi connectivity index (χ3v) is 3.38. The molecule has 0 aliphatic heterocycles. The van der Waals surface area contributed by atoms with E-state index in [9.17, 15) is 8.78 Å². The molecule has 0 spiro atoms. The summed E-state index contributed by atoms with van der Waals surface area (Å²) < 4.78 is 25.9. The Labute approximate surface area is 100 Å². The van der Waals surface area contributed by atoms with Crippen LogP contribution in [0.25, 0.3) is 0 Å². The van der Waals surface area contributed by atoms with Crippen molar-refractivity contribution in [2.24, 2.45) is 5.73 Å². The molecule has 0 unspecified atom stereocenters. The van der Waals surface area contributed by atoms with E-state index in [4.69, 9.17) is 5.73 Å². The van der Waals surface area contributed by atoms with E-state index in [1.165, 1.54) is 31.4 Å². The molecule has 0 radical (unpaired) electrons. The first-order valence-corrected chi connectivity index (χ1v) is 6.08. The highest BCUT2D eigenvalue weighted by molar-refractivity contribution is 5.17. The third-order valence-electron chi connectivity index (χ3n) is 3.38. The van der Waals surface area contributed by atoms with Gasteiger partial charge in [-0.05, 0) is 30.5 Å². The van der Waals surface area contributed by atoms with E-state index < -0.39 is 11.6 Å². The maximum Gasteiger partial charge on any atom is 0.159 e. The Morgan fingerprint density at radius 3 is 2.53 bits per heavy atom. The standard InChI is InChI=1S/C13H18F2N2/c14-12-5-4-10(8-13(12)15)9-17(7-6-16)11-2-1-3-11/h4-5,8,11H,1-3,6-7,9,16H2. The Morgan fingerprint density at radius 2 is 2.00 bits per heavy atom. The summed E-state index contributed by atoms with van der Waals surface area (Å²) in [5, 5.41) is 0. The second-order valence-electron chi connectivity index (χ2n) is 4.59. The zero-order chi connectivity index (χ0) is 12.3. The van der Waals surface area contributed by atoms with Crippen LogP contribution < -0.4 is 5.73 Å². The van der Waals surface area contributed by atoms with Crippen LogP contribution >= 0.6 is 0 Å². The van der Waals surface area contributed by atoms with Gasteiger partial charge in [-0.3, -0.25) is 4.90 Å². The topological polar surface area (TPSA) is 29.3 Å². The average Bonchev–Trinajstić information content (AvgIpc) is 2.21. The highest BCUT2D eigenvalue weighted by atomic mass is 19.2. The lowest BCUT2D eigenvalue weighted by Gasteiger charge is -2.37. The average molecular weight is 240 g/mol. The van der Waals surface area contributed by atoms with Gasteiger partial charge in [-0.15, -0.1) is 0 Å². The van der Waals surface area contributed by atoms with E-state index in [1.54, 1.807) is 6.07 Å². The van der Waals surface area contributed by atoms with Crippen molar-refractivity contribution in [2.75, 3.05) is 13.1 Å². The van der Waals surface area contributed by atoms with Crippen LogP contribution in [0.5, 0.6) is 0 Å². The molecule has 1 aromatic rings. The smallest absolute Gasteiger partial charge is 0.159 e. The van der Waals surface area contributed by atoms with E-state index in [-0.39, 0.29) is 0 Å². The van der Waals surface area contributed by atoms with Crippen LogP contribution in [0.1, 0.15) is 24.8 Å². The summed E-state index contributed by atoms with van der Waals surface area (Å²) in [6.45, 7) is 2.06. The highest BCUT2D eigenvalue weighted by Crippen LogP contribution is 2.26. The third kappa shape index (κ3) is 3.01. The minimum atomic E-state index is -0.789. The molecular weight excluding hydrogens is 222 g/mol. The molecule has 1 aromatic carbocycles. The van der Waals surface area contributed by atoms with E-state index in [0.29, 0.717) is 19.1 Å². The van der Waals surface area contributed by atoms with Gasteiger partial charge in [0.05, 0.1) is 0 Å². The molecule has 1 fully saturated rings. The first kappa shape index (κ1) is 12.5. The number of rotatable bonds is 5. The molecule has 2 N–H and O–H groups in total. The Morgan fingerprint density at radius 1 is 1.24 bits per heavy atom. The molecule has 1 saturated carbocycles. The van der Waals surface area contributed by atoms with Crippen LogP contribution in [-0.2, 0) is 6.54 Å². The van der Waals surface area contributed by atoms with Gasteiger partial charge in [0.2, 0.25) is 0 Å². The first-order valence-electron chi connectivity index (χ1n) is 6.08. The number of halogens is 2. The maximum atomic E-state index is 13.1. The zero-order valence-corrected chi connectivity index (χ0v) is 9.83. The second-order valence-corrected chi connectivity index (χ2v) is 4.59. The van der Waals surface area contributed by atoms with E-state index in [1.807, 2.05) is 0 Å². The van der Waals surface area contributed by atoms with Crippen molar-refractivity contribution in [1.82, 2.24) is 4.90 Å². The van der Waals surface area contributed by atoms with Gasteiger partial charge in [-0.1, -0.05) is 12.5 Å². The van der Waals surface area contributed by atoms with Gasteiger partial charge in [0, 0.05) is 25.7 Å². The molecule has 0 heterocycles. The zero-order valence-electron chi connectivity index (χ0n) is 9.83. The van der Waals surface area contributed by atoms with Gasteiger partial charge < -0.3 is 5.73 Å². The molecule has 2 rings (SSSR count). The van der Waals surface area contributed by atoms with Crippen molar-refractivity contribution < 1.29 is 8.78 Å². The quantitative estimate of drug-likeness (QED) is 0.855. The summed E-state index contributed by atoms with van der Waals surface area (Å²) in [4.78, 5) is 2.26. The molecule has 0 saturated heterocycles. The number of nitrogens with two attached hydrogens (primary N) is 1. The largest absolute Gasteiger partial charge is 0.329 e. The molecule has 0 amide bonds. The molecule has 0 aromatic heterocycles. The van der Waals surface area contributed by atoms with Crippen LogP contribution in [0.3, 0.4) is 0 Å². The van der Waals surface area contributed by atoms with Crippen molar-refractivity contribution in [3.8, 4) is 0 Å². The van der Waals surface area contributed by atoms with E-state index >= 15 is 0 Å². The fraction of sp³-hybridized carbons (Fsp3) is 0.538. The molecule has 2 nitrogen and oxygen atoms in total. The summed E-state index contributed by atoms with van der Waals surface area (Å²) >= 11 is 0. The van der Waals surface area contributed by atoms with Crippen LogP contribution in [-0.4, -0.2) is 24.0 Å². The summed E-state index contributed by atoms with van der Waals surface area (Å²) in [6, 6.07) is 4.66. The Hall–Kier alpha value is -1.00. The summed E-state index contributed by atoms with van der Waals surface area (Å²) in [5.41, 5.74) is 6.39. The van der Waals surface area contributed by atoms with E-state index in [2.05, 4.69) is 4.90 Å². The molecule has 1 aliphatic carbocycles. The lowest BCUT2D eigenvalue weighted by Crippen LogP contribution is -2.42. The van der Waals surface area contributed by atoms with Gasteiger partial charge in [0.1, 0.15) is 0 Å². The van der Waals surface area contributed by atoms with E-state index in [0.717, 1.165) is 12.1 Å². The van der Waals surface area contributed by atoms with Crippen LogP contribution in [0.2, 0.25) is 0 Å². The predicted molar refractivity (Wildman–Crippen MR) is 63.5 cm³/mol. The molecule has 94 valence electrons. The first-order chi connectivity index (χ1) is 8.20. The fourth-order valence-corrected chi connectivity index (χ4v) is 2.18. The molecule has 0 bridgehead atoms. The molecule has 0 atom stereocenters. The molecule has 1 aliphatic rings. The minimum absolute atomic E-state index is 0.562. The van der Waals surface area contributed by atoms with Crippen molar-refractivity contribution in [2.45, 2.75) is 31.8 Å². The summed E-state index contributed by atoms with van der Waals surface area (Å²) in [6.07, 6.45) is 3.62. The van der Waals surface area contributed by atoms with Gasteiger partial charge >= 0.3 is 0 Å². The van der Waals surface area contributed by atoms with Crippen molar-refractivity contribution in [3.63, 3.8) is 0 Å². The predicted octanol–water partition coefficient (Wildman–Crippen LogP) is 2.28. The van der Waals surface area contributed by atoms with Crippen molar-refractivity contribution in [1.29, 1.82) is 0 Å². The number of benzene rings is 1. The summed E-state index contributed by atoms with van der Waals surface area (Å²) in [5.74, 6) is -1.56. The maximum absolute atomic E-state index is 13.1. The number of nitrogens with zero attached hydrogens (tertiary/aromatic N) is 1. The Kier molecular flexibility index (Phi) is 4.07. The van der Waals surface area contributed by atoms with Crippen molar-refractivity contribution in [3.05, 3.63) is 35.4 Å². The SMILES string of the molecule is NCCN(Cc1ccc(F)c(F)c1)C1CCC1. The van der Waals surface area contributed by atoms with Gasteiger partial charge in [0.25, 0.3) is 0 Å². The van der Waals surface area contributed by atoms with Gasteiger partial charge in [-0.2, -0.15) is 0 Å². The normalized spacial score (nSPS) is 16.2. The highest BCUT2D eigenvalue weighted by Gasteiger charge is 2.24. The fourth-order valence-electron chi connectivity index (χ4n) is 2.18. The van der Waals surface area contributed by atoms with Crippen LogP contribution in [0, 0.1) is 11.6 Å². The molecule has 17 heavy (non-hydrogen) atoms. The molecular formula is C13H18F2N2.